The van der Waals surface area contributed by atoms with Gasteiger partial charge in [0.2, 0.25) is 0 Å². The topological polar surface area (TPSA) is 70.2 Å². The molecule has 5 heteroatoms. The Balaban J connectivity index is 1.62. The van der Waals surface area contributed by atoms with E-state index in [1.807, 2.05) is 13.0 Å². The van der Waals surface area contributed by atoms with Crippen LogP contribution in [0.25, 0.3) is 0 Å². The summed E-state index contributed by atoms with van der Waals surface area (Å²) >= 11 is 0. The zero-order valence-corrected chi connectivity index (χ0v) is 14.5. The van der Waals surface area contributed by atoms with E-state index in [1.165, 1.54) is 19.3 Å². The SMILES string of the molecule is Cc1ccc(C(=O)NC2CC2)cc1NC(=O)NC1CCCCC1C. The second-order valence-electron chi connectivity index (χ2n) is 7.24. The first kappa shape index (κ1) is 16.8. The third kappa shape index (κ3) is 4.28. The first-order valence-electron chi connectivity index (χ1n) is 9.02. The van der Waals surface area contributed by atoms with Gasteiger partial charge in [-0.1, -0.05) is 25.8 Å². The fraction of sp³-hybridized carbons (Fsp3) is 0.579. The van der Waals surface area contributed by atoms with Gasteiger partial charge in [-0.25, -0.2) is 4.79 Å². The summed E-state index contributed by atoms with van der Waals surface area (Å²) in [6.45, 7) is 4.12. The lowest BCUT2D eigenvalue weighted by molar-refractivity contribution is 0.0951. The number of carbonyl (C=O) groups is 2. The summed E-state index contributed by atoms with van der Waals surface area (Å²) in [5, 5.41) is 8.97. The molecule has 2 unspecified atom stereocenters. The number of nitrogens with one attached hydrogen (secondary N) is 3. The van der Waals surface area contributed by atoms with Crippen molar-refractivity contribution < 1.29 is 9.59 Å². The quantitative estimate of drug-likeness (QED) is 0.790. The molecular formula is C19H27N3O2. The number of carbonyl (C=O) groups excluding carboxylic acids is 2. The highest BCUT2D eigenvalue weighted by Gasteiger charge is 2.25. The highest BCUT2D eigenvalue weighted by molar-refractivity contribution is 5.97. The number of urea groups is 1. The average molecular weight is 329 g/mol. The van der Waals surface area contributed by atoms with Crippen molar-refractivity contribution in [3.63, 3.8) is 0 Å². The number of hydrogen-bond donors (Lipinski definition) is 3. The number of benzene rings is 1. The van der Waals surface area contributed by atoms with E-state index in [0.717, 1.165) is 24.8 Å². The van der Waals surface area contributed by atoms with Crippen LogP contribution in [0.3, 0.4) is 0 Å². The zero-order chi connectivity index (χ0) is 17.1. The molecule has 0 heterocycles. The number of anilines is 1. The molecule has 5 nitrogen and oxygen atoms in total. The van der Waals surface area contributed by atoms with Crippen molar-refractivity contribution in [1.82, 2.24) is 10.6 Å². The van der Waals surface area contributed by atoms with Crippen LogP contribution >= 0.6 is 0 Å². The van der Waals surface area contributed by atoms with Gasteiger partial charge in [0.05, 0.1) is 0 Å². The van der Waals surface area contributed by atoms with Crippen molar-refractivity contribution in [2.75, 3.05) is 5.32 Å². The molecule has 24 heavy (non-hydrogen) atoms. The second kappa shape index (κ2) is 7.24. The minimum atomic E-state index is -0.184. The van der Waals surface area contributed by atoms with E-state index < -0.39 is 0 Å². The minimum absolute atomic E-state index is 0.0677. The van der Waals surface area contributed by atoms with Gasteiger partial charge in [0, 0.05) is 23.3 Å². The molecule has 130 valence electrons. The lowest BCUT2D eigenvalue weighted by Gasteiger charge is -2.29. The normalized spacial score (nSPS) is 23.4. The third-order valence-corrected chi connectivity index (χ3v) is 5.09. The number of hydrogen-bond acceptors (Lipinski definition) is 2. The molecule has 0 aromatic heterocycles. The van der Waals surface area contributed by atoms with E-state index >= 15 is 0 Å². The van der Waals surface area contributed by atoms with Crippen LogP contribution in [0.2, 0.25) is 0 Å². The summed E-state index contributed by atoms with van der Waals surface area (Å²) in [5.41, 5.74) is 2.23. The predicted molar refractivity (Wildman–Crippen MR) is 95.2 cm³/mol. The van der Waals surface area contributed by atoms with Gasteiger partial charge in [-0.3, -0.25) is 4.79 Å². The van der Waals surface area contributed by atoms with Crippen molar-refractivity contribution in [3.8, 4) is 0 Å². The summed E-state index contributed by atoms with van der Waals surface area (Å²) in [6.07, 6.45) is 6.75. The molecule has 1 aromatic rings. The van der Waals surface area contributed by atoms with Crippen molar-refractivity contribution in [1.29, 1.82) is 0 Å². The van der Waals surface area contributed by atoms with Gasteiger partial charge >= 0.3 is 6.03 Å². The molecule has 0 radical (unpaired) electrons. The number of aryl methyl sites for hydroxylation is 1. The number of amides is 3. The largest absolute Gasteiger partial charge is 0.349 e. The Labute approximate surface area is 143 Å². The van der Waals surface area contributed by atoms with Gasteiger partial charge in [-0.15, -0.1) is 0 Å². The molecule has 2 atom stereocenters. The molecule has 2 saturated carbocycles. The first-order valence-corrected chi connectivity index (χ1v) is 9.02. The van der Waals surface area contributed by atoms with Crippen LogP contribution in [0.5, 0.6) is 0 Å². The molecule has 3 rings (SSSR count). The van der Waals surface area contributed by atoms with Crippen LogP contribution in [0.4, 0.5) is 10.5 Å². The maximum atomic E-state index is 12.3. The Hall–Kier alpha value is -2.04. The third-order valence-electron chi connectivity index (χ3n) is 5.09. The summed E-state index contributed by atoms with van der Waals surface area (Å²) < 4.78 is 0. The average Bonchev–Trinajstić information content (AvgIpc) is 3.35. The minimum Gasteiger partial charge on any atom is -0.349 e. The van der Waals surface area contributed by atoms with E-state index in [9.17, 15) is 9.59 Å². The van der Waals surface area contributed by atoms with Crippen molar-refractivity contribution in [3.05, 3.63) is 29.3 Å². The lowest BCUT2D eigenvalue weighted by Crippen LogP contribution is -2.43. The summed E-state index contributed by atoms with van der Waals surface area (Å²) in [4.78, 5) is 24.5. The van der Waals surface area contributed by atoms with Gasteiger partial charge in [-0.2, -0.15) is 0 Å². The van der Waals surface area contributed by atoms with E-state index in [1.54, 1.807) is 12.1 Å². The van der Waals surface area contributed by atoms with Gasteiger partial charge in [0.25, 0.3) is 5.91 Å². The Morgan fingerprint density at radius 3 is 2.50 bits per heavy atom. The molecular weight excluding hydrogens is 302 g/mol. The van der Waals surface area contributed by atoms with Crippen LogP contribution in [0, 0.1) is 12.8 Å². The van der Waals surface area contributed by atoms with Crippen LogP contribution in [0.1, 0.15) is 61.4 Å². The van der Waals surface area contributed by atoms with Crippen LogP contribution in [0.15, 0.2) is 18.2 Å². The molecule has 3 amide bonds. The maximum absolute atomic E-state index is 12.3. The molecule has 3 N–H and O–H groups in total. The Bertz CT molecular complexity index is 625. The smallest absolute Gasteiger partial charge is 0.319 e. The standard InChI is InChI=1S/C19H27N3O2/c1-12-5-3-4-6-16(12)21-19(24)22-17-11-14(8-7-13(17)2)18(23)20-15-9-10-15/h7-8,11-12,15-16H,3-6,9-10H2,1-2H3,(H,20,23)(H2,21,22,24). The van der Waals surface area contributed by atoms with Crippen LogP contribution in [-0.2, 0) is 0 Å². The maximum Gasteiger partial charge on any atom is 0.319 e. The van der Waals surface area contributed by atoms with Gasteiger partial charge in [0.15, 0.2) is 0 Å². The van der Waals surface area contributed by atoms with E-state index in [-0.39, 0.29) is 18.0 Å². The molecule has 2 aliphatic carbocycles. The van der Waals surface area contributed by atoms with Gasteiger partial charge in [-0.05, 0) is 56.2 Å². The van der Waals surface area contributed by atoms with Crippen molar-refractivity contribution >= 4 is 17.6 Å². The van der Waals surface area contributed by atoms with Crippen molar-refractivity contribution in [2.24, 2.45) is 5.92 Å². The summed E-state index contributed by atoms with van der Waals surface area (Å²) in [6, 6.07) is 5.82. The highest BCUT2D eigenvalue weighted by atomic mass is 16.2. The summed E-state index contributed by atoms with van der Waals surface area (Å²) in [5.74, 6) is 0.447. The Morgan fingerprint density at radius 2 is 1.79 bits per heavy atom. The monoisotopic (exact) mass is 329 g/mol. The fourth-order valence-electron chi connectivity index (χ4n) is 3.25. The molecule has 0 spiro atoms. The van der Waals surface area contributed by atoms with Gasteiger partial charge in [0.1, 0.15) is 0 Å². The van der Waals surface area contributed by atoms with Crippen LogP contribution in [-0.4, -0.2) is 24.0 Å². The molecule has 0 bridgehead atoms. The molecule has 0 aliphatic heterocycles. The first-order chi connectivity index (χ1) is 11.5. The predicted octanol–water partition coefficient (Wildman–Crippen LogP) is 3.59. The lowest BCUT2D eigenvalue weighted by atomic mass is 9.86. The second-order valence-corrected chi connectivity index (χ2v) is 7.24. The molecule has 2 fully saturated rings. The Kier molecular flexibility index (Phi) is 5.07. The van der Waals surface area contributed by atoms with E-state index in [0.29, 0.717) is 23.2 Å². The number of rotatable bonds is 4. The Morgan fingerprint density at radius 1 is 1.04 bits per heavy atom. The molecule has 2 aliphatic rings. The summed E-state index contributed by atoms with van der Waals surface area (Å²) in [7, 11) is 0. The fourth-order valence-corrected chi connectivity index (χ4v) is 3.25. The van der Waals surface area contributed by atoms with E-state index in [2.05, 4.69) is 22.9 Å². The van der Waals surface area contributed by atoms with Crippen LogP contribution < -0.4 is 16.0 Å². The molecule has 0 saturated heterocycles. The highest BCUT2D eigenvalue weighted by Crippen LogP contribution is 2.24. The zero-order valence-electron chi connectivity index (χ0n) is 14.5. The molecule has 1 aromatic carbocycles. The van der Waals surface area contributed by atoms with Gasteiger partial charge < -0.3 is 16.0 Å². The van der Waals surface area contributed by atoms with E-state index in [4.69, 9.17) is 0 Å². The van der Waals surface area contributed by atoms with Crippen molar-refractivity contribution in [2.45, 2.75) is 64.5 Å².